The summed E-state index contributed by atoms with van der Waals surface area (Å²) in [5.74, 6) is 0.285. The number of aromatic nitrogens is 1. The first-order valence-electron chi connectivity index (χ1n) is 7.66. The summed E-state index contributed by atoms with van der Waals surface area (Å²) in [5.41, 5.74) is 8.33. The number of aryl methyl sites for hydroxylation is 2. The Morgan fingerprint density at radius 3 is 2.65 bits per heavy atom. The van der Waals surface area contributed by atoms with Gasteiger partial charge in [-0.05, 0) is 18.9 Å². The molecule has 6 heteroatoms. The highest BCUT2D eigenvalue weighted by atomic mass is 35.5. The number of nitrogens with zero attached hydrogens (tertiary/aromatic N) is 2. The quantitative estimate of drug-likeness (QED) is 0.924. The van der Waals surface area contributed by atoms with Crippen LogP contribution in [0, 0.1) is 6.92 Å². The number of carbonyl (C=O) groups excluding carboxylic acids is 1. The van der Waals surface area contributed by atoms with Gasteiger partial charge in [-0.2, -0.15) is 0 Å². The maximum atomic E-state index is 12.8. The van der Waals surface area contributed by atoms with E-state index in [2.05, 4.69) is 24.0 Å². The van der Waals surface area contributed by atoms with Crippen LogP contribution in [0.1, 0.15) is 38.8 Å². The summed E-state index contributed by atoms with van der Waals surface area (Å²) < 4.78 is 0. The number of carbonyl (C=O) groups is 1. The zero-order valence-electron chi connectivity index (χ0n) is 13.4. The van der Waals surface area contributed by atoms with Crippen molar-refractivity contribution in [2.24, 2.45) is 5.73 Å². The second-order valence-electron chi connectivity index (χ2n) is 5.77. The third-order valence-corrected chi connectivity index (χ3v) is 5.51. The van der Waals surface area contributed by atoms with Crippen LogP contribution in [0.15, 0.2) is 30.3 Å². The Morgan fingerprint density at radius 1 is 1.35 bits per heavy atom. The Bertz CT molecular complexity index is 674. The molecule has 23 heavy (non-hydrogen) atoms. The zero-order chi connectivity index (χ0) is 15.7. The number of thiazole rings is 1. The molecule has 2 N–H and O–H groups in total. The van der Waals surface area contributed by atoms with Gasteiger partial charge in [-0.1, -0.05) is 37.3 Å². The van der Waals surface area contributed by atoms with Gasteiger partial charge in [-0.25, -0.2) is 4.98 Å². The van der Waals surface area contributed by atoms with Crippen molar-refractivity contribution in [1.82, 2.24) is 9.88 Å². The maximum absolute atomic E-state index is 12.8. The molecule has 3 rings (SSSR count). The first kappa shape index (κ1) is 17.9. The van der Waals surface area contributed by atoms with Crippen LogP contribution in [0.3, 0.4) is 0 Å². The topological polar surface area (TPSA) is 59.2 Å². The van der Waals surface area contributed by atoms with Crippen LogP contribution < -0.4 is 5.73 Å². The van der Waals surface area contributed by atoms with Gasteiger partial charge in [0, 0.05) is 25.0 Å². The van der Waals surface area contributed by atoms with Gasteiger partial charge >= 0.3 is 0 Å². The maximum Gasteiger partial charge on any atom is 0.265 e. The molecule has 1 fully saturated rings. The molecule has 0 bridgehead atoms. The third kappa shape index (κ3) is 3.57. The normalized spacial score (nSPS) is 20.4. The first-order chi connectivity index (χ1) is 10.6. The van der Waals surface area contributed by atoms with E-state index in [1.54, 1.807) is 0 Å². The molecule has 2 aromatic rings. The van der Waals surface area contributed by atoms with E-state index in [-0.39, 0.29) is 30.3 Å². The molecule has 1 aromatic heterocycles. The molecule has 2 heterocycles. The molecule has 124 valence electrons. The highest BCUT2D eigenvalue weighted by Crippen LogP contribution is 2.29. The molecule has 0 unspecified atom stereocenters. The SMILES string of the molecule is CCc1nc(C)c(C(=O)N2C[C@@H](N)[C@H](c3ccccc3)C2)s1.Cl. The Hall–Kier alpha value is -1.43. The molecular formula is C17H22ClN3OS. The van der Waals surface area contributed by atoms with E-state index in [0.29, 0.717) is 13.1 Å². The zero-order valence-corrected chi connectivity index (χ0v) is 15.0. The van der Waals surface area contributed by atoms with Crippen molar-refractivity contribution in [2.45, 2.75) is 32.2 Å². The van der Waals surface area contributed by atoms with Crippen LogP contribution in [0.25, 0.3) is 0 Å². The van der Waals surface area contributed by atoms with Gasteiger partial charge in [0.2, 0.25) is 0 Å². The van der Waals surface area contributed by atoms with Crippen LogP contribution in [-0.4, -0.2) is 34.9 Å². The number of likely N-dealkylation sites (tertiary alicyclic amines) is 1. The summed E-state index contributed by atoms with van der Waals surface area (Å²) in [6.07, 6.45) is 0.866. The monoisotopic (exact) mass is 351 g/mol. The van der Waals surface area contributed by atoms with Crippen LogP contribution in [0.5, 0.6) is 0 Å². The summed E-state index contributed by atoms with van der Waals surface area (Å²) in [7, 11) is 0. The molecule has 1 saturated heterocycles. The average molecular weight is 352 g/mol. The molecule has 1 amide bonds. The minimum Gasteiger partial charge on any atom is -0.336 e. The predicted molar refractivity (Wildman–Crippen MR) is 96.5 cm³/mol. The molecular weight excluding hydrogens is 330 g/mol. The number of halogens is 1. The summed E-state index contributed by atoms with van der Waals surface area (Å²) in [6.45, 7) is 5.26. The molecule has 1 aliphatic heterocycles. The fraction of sp³-hybridized carbons (Fsp3) is 0.412. The van der Waals surface area contributed by atoms with Gasteiger partial charge in [0.1, 0.15) is 4.88 Å². The van der Waals surface area contributed by atoms with E-state index in [1.807, 2.05) is 30.0 Å². The number of rotatable bonds is 3. The first-order valence-corrected chi connectivity index (χ1v) is 8.48. The Kier molecular flexibility index (Phi) is 5.79. The van der Waals surface area contributed by atoms with Crippen LogP contribution in [0.2, 0.25) is 0 Å². The van der Waals surface area contributed by atoms with Gasteiger partial charge in [-0.3, -0.25) is 4.79 Å². The number of benzene rings is 1. The second kappa shape index (κ2) is 7.43. The number of nitrogens with two attached hydrogens (primary N) is 1. The lowest BCUT2D eigenvalue weighted by Gasteiger charge is -2.16. The molecule has 0 radical (unpaired) electrons. The van der Waals surface area contributed by atoms with Gasteiger partial charge in [0.15, 0.2) is 0 Å². The fourth-order valence-electron chi connectivity index (χ4n) is 2.99. The number of hydrogen-bond donors (Lipinski definition) is 1. The van der Waals surface area contributed by atoms with E-state index in [4.69, 9.17) is 5.73 Å². The highest BCUT2D eigenvalue weighted by molar-refractivity contribution is 7.13. The van der Waals surface area contributed by atoms with Gasteiger partial charge in [-0.15, -0.1) is 23.7 Å². The van der Waals surface area contributed by atoms with E-state index in [0.717, 1.165) is 22.0 Å². The van der Waals surface area contributed by atoms with E-state index in [9.17, 15) is 4.79 Å². The molecule has 4 nitrogen and oxygen atoms in total. The van der Waals surface area contributed by atoms with Gasteiger partial charge < -0.3 is 10.6 Å². The second-order valence-corrected chi connectivity index (χ2v) is 6.85. The van der Waals surface area contributed by atoms with E-state index < -0.39 is 0 Å². The van der Waals surface area contributed by atoms with Crippen LogP contribution in [0.4, 0.5) is 0 Å². The van der Waals surface area contributed by atoms with Crippen molar-refractivity contribution < 1.29 is 4.79 Å². The van der Waals surface area contributed by atoms with Gasteiger partial charge in [0.25, 0.3) is 5.91 Å². The predicted octanol–water partition coefficient (Wildman–Crippen LogP) is 3.00. The van der Waals surface area contributed by atoms with Crippen molar-refractivity contribution in [3.05, 3.63) is 51.5 Å². The largest absolute Gasteiger partial charge is 0.336 e. The Morgan fingerprint density at radius 2 is 2.04 bits per heavy atom. The summed E-state index contributed by atoms with van der Waals surface area (Å²) in [4.78, 5) is 19.9. The fourth-order valence-corrected chi connectivity index (χ4v) is 3.97. The Balaban J connectivity index is 0.00000192. The molecule has 0 saturated carbocycles. The molecule has 0 spiro atoms. The van der Waals surface area contributed by atoms with E-state index >= 15 is 0 Å². The van der Waals surface area contributed by atoms with Gasteiger partial charge in [0.05, 0.1) is 10.7 Å². The summed E-state index contributed by atoms with van der Waals surface area (Å²) in [5, 5.41) is 1.02. The minimum absolute atomic E-state index is 0. The Labute approximate surface area is 147 Å². The molecule has 2 atom stereocenters. The highest BCUT2D eigenvalue weighted by Gasteiger charge is 2.35. The van der Waals surface area contributed by atoms with Crippen molar-refractivity contribution in [1.29, 1.82) is 0 Å². The summed E-state index contributed by atoms with van der Waals surface area (Å²) >= 11 is 1.51. The van der Waals surface area contributed by atoms with Crippen molar-refractivity contribution in [3.63, 3.8) is 0 Å². The molecule has 0 aliphatic carbocycles. The lowest BCUT2D eigenvalue weighted by atomic mass is 9.95. The minimum atomic E-state index is -0.00905. The van der Waals surface area contributed by atoms with E-state index in [1.165, 1.54) is 16.9 Å². The lowest BCUT2D eigenvalue weighted by Crippen LogP contribution is -2.32. The molecule has 1 aromatic carbocycles. The van der Waals surface area contributed by atoms with Crippen molar-refractivity contribution >= 4 is 29.7 Å². The smallest absolute Gasteiger partial charge is 0.265 e. The molecule has 1 aliphatic rings. The summed E-state index contributed by atoms with van der Waals surface area (Å²) in [6, 6.07) is 10.2. The van der Waals surface area contributed by atoms with Crippen molar-refractivity contribution in [2.75, 3.05) is 13.1 Å². The van der Waals surface area contributed by atoms with Crippen molar-refractivity contribution in [3.8, 4) is 0 Å². The average Bonchev–Trinajstić information content (AvgIpc) is 3.10. The number of amides is 1. The third-order valence-electron chi connectivity index (χ3n) is 4.22. The van der Waals surface area contributed by atoms with Crippen LogP contribution in [-0.2, 0) is 6.42 Å². The van der Waals surface area contributed by atoms with Crippen LogP contribution >= 0.6 is 23.7 Å². The lowest BCUT2D eigenvalue weighted by molar-refractivity contribution is 0.0793. The number of hydrogen-bond acceptors (Lipinski definition) is 4. The standard InChI is InChI=1S/C17H21N3OS.ClH/c1-3-15-19-11(2)16(22-15)17(21)20-9-13(14(18)10-20)12-7-5-4-6-8-12;/h4-8,13-14H,3,9-10,18H2,1-2H3;1H/t13-,14+;/m0./s1.